The summed E-state index contributed by atoms with van der Waals surface area (Å²) in [6, 6.07) is 23.3. The number of esters is 1. The van der Waals surface area contributed by atoms with Crippen LogP contribution in [0.25, 0.3) is 0 Å². The minimum absolute atomic E-state index is 0.185. The van der Waals surface area contributed by atoms with Crippen molar-refractivity contribution in [2.75, 3.05) is 13.2 Å². The number of ketones is 1. The number of benzene rings is 3. The van der Waals surface area contributed by atoms with Crippen LogP contribution in [0.15, 0.2) is 78.9 Å². The summed E-state index contributed by atoms with van der Waals surface area (Å²) in [5.41, 5.74) is 3.29. The molecule has 7 rings (SSSR count). The predicted molar refractivity (Wildman–Crippen MR) is 136 cm³/mol. The summed E-state index contributed by atoms with van der Waals surface area (Å²) in [5.74, 6) is -3.79. The molecular weight excluding hydrogens is 513 g/mol. The van der Waals surface area contributed by atoms with Crippen molar-refractivity contribution in [2.24, 2.45) is 11.8 Å². The quantitative estimate of drug-likeness (QED) is 0.203. The van der Waals surface area contributed by atoms with Crippen molar-refractivity contribution in [3.05, 3.63) is 107 Å². The molecule has 1 saturated heterocycles. The maximum Gasteiger partial charge on any atom is 0.308 e. The molecule has 0 saturated carbocycles. The van der Waals surface area contributed by atoms with Gasteiger partial charge in [-0.1, -0.05) is 78.9 Å². The highest BCUT2D eigenvalue weighted by Crippen LogP contribution is 2.69. The van der Waals surface area contributed by atoms with Gasteiger partial charge in [0.2, 0.25) is 11.8 Å². The minimum Gasteiger partial charge on any atom is -0.457 e. The Kier molecular flexibility index (Phi) is 5.51. The van der Waals surface area contributed by atoms with Crippen molar-refractivity contribution in [3.8, 4) is 0 Å². The summed E-state index contributed by atoms with van der Waals surface area (Å²) in [5, 5.41) is 0. The number of halogens is 2. The van der Waals surface area contributed by atoms with E-state index in [4.69, 9.17) is 27.9 Å². The maximum absolute atomic E-state index is 13.7. The Balaban J connectivity index is 1.26. The summed E-state index contributed by atoms with van der Waals surface area (Å²) >= 11 is 14.7. The first kappa shape index (κ1) is 23.9. The van der Waals surface area contributed by atoms with E-state index in [0.717, 1.165) is 4.90 Å². The van der Waals surface area contributed by atoms with Crippen LogP contribution in [0.1, 0.15) is 39.0 Å². The molecule has 1 aliphatic heterocycles. The number of carbonyl (C=O) groups excluding carboxylic acids is 4. The predicted octanol–water partition coefficient (Wildman–Crippen LogP) is 4.40. The number of nitrogens with zero attached hydrogens (tertiary/aromatic N) is 1. The standard InChI is InChI=1S/C29H21Cl2NO5/c30-28-18-10-4-5-11-19(18)29(31,21-13-7-6-12-20(21)28)25-24(28)26(35)32(27(25)36)15-14-23(34)37-16-22(33)17-8-2-1-3-9-17/h1-13,24-25H,14-16H2/t24-,25-,28?,29?/m1/s1. The van der Waals surface area contributed by atoms with Gasteiger partial charge in [0.25, 0.3) is 0 Å². The number of rotatable bonds is 6. The summed E-state index contributed by atoms with van der Waals surface area (Å²) in [6.45, 7) is -0.605. The van der Waals surface area contributed by atoms with Crippen molar-refractivity contribution < 1.29 is 23.9 Å². The van der Waals surface area contributed by atoms with E-state index in [0.29, 0.717) is 27.8 Å². The molecule has 1 heterocycles. The van der Waals surface area contributed by atoms with Gasteiger partial charge in [0, 0.05) is 12.1 Å². The lowest BCUT2D eigenvalue weighted by atomic mass is 9.54. The molecule has 0 spiro atoms. The average molecular weight is 534 g/mol. The molecule has 0 unspecified atom stereocenters. The molecule has 3 aromatic rings. The molecule has 37 heavy (non-hydrogen) atoms. The largest absolute Gasteiger partial charge is 0.457 e. The molecule has 0 aromatic heterocycles. The third kappa shape index (κ3) is 3.25. The van der Waals surface area contributed by atoms with Crippen LogP contribution in [0.4, 0.5) is 0 Å². The van der Waals surface area contributed by atoms with Gasteiger partial charge in [-0.2, -0.15) is 0 Å². The summed E-state index contributed by atoms with van der Waals surface area (Å²) in [6.07, 6.45) is -0.247. The molecule has 2 amide bonds. The Labute approximate surface area is 223 Å². The third-order valence-electron chi connectivity index (χ3n) is 7.68. The Morgan fingerprint density at radius 2 is 1.16 bits per heavy atom. The van der Waals surface area contributed by atoms with Crippen molar-refractivity contribution in [1.29, 1.82) is 0 Å². The molecule has 1 fully saturated rings. The van der Waals surface area contributed by atoms with Crippen LogP contribution < -0.4 is 0 Å². The van der Waals surface area contributed by atoms with E-state index >= 15 is 0 Å². The summed E-state index contributed by atoms with van der Waals surface area (Å²) in [4.78, 5) is 50.6. The first-order valence-electron chi connectivity index (χ1n) is 12.0. The zero-order chi connectivity index (χ0) is 25.9. The van der Waals surface area contributed by atoms with Crippen LogP contribution in [-0.2, 0) is 28.9 Å². The monoisotopic (exact) mass is 533 g/mol. The lowest BCUT2D eigenvalue weighted by molar-refractivity contribution is -0.145. The second-order valence-corrected chi connectivity index (χ2v) is 10.7. The molecule has 4 aliphatic rings. The summed E-state index contributed by atoms with van der Waals surface area (Å²) in [7, 11) is 0. The van der Waals surface area contributed by atoms with E-state index in [2.05, 4.69) is 0 Å². The first-order valence-corrected chi connectivity index (χ1v) is 12.7. The van der Waals surface area contributed by atoms with Gasteiger partial charge in [-0.25, -0.2) is 0 Å². The Morgan fingerprint density at radius 1 is 0.730 bits per heavy atom. The lowest BCUT2D eigenvalue weighted by Crippen LogP contribution is -2.57. The average Bonchev–Trinajstić information content (AvgIpc) is 3.19. The van der Waals surface area contributed by atoms with Gasteiger partial charge < -0.3 is 4.74 Å². The normalized spacial score (nSPS) is 26.9. The van der Waals surface area contributed by atoms with E-state index in [1.807, 2.05) is 48.5 Å². The minimum atomic E-state index is -1.27. The van der Waals surface area contributed by atoms with Crippen molar-refractivity contribution in [2.45, 2.75) is 16.2 Å². The number of Topliss-reactive ketones (excluding diaryl/α,β-unsaturated/α-hetero) is 1. The van der Waals surface area contributed by atoms with E-state index in [-0.39, 0.29) is 18.7 Å². The van der Waals surface area contributed by atoms with Gasteiger partial charge in [-0.05, 0) is 22.3 Å². The second kappa shape index (κ2) is 8.54. The smallest absolute Gasteiger partial charge is 0.308 e. The molecular formula is C29H21Cl2NO5. The Bertz CT molecular complexity index is 1350. The molecule has 3 aliphatic carbocycles. The van der Waals surface area contributed by atoms with Gasteiger partial charge in [-0.3, -0.25) is 24.1 Å². The van der Waals surface area contributed by atoms with Gasteiger partial charge in [0.1, 0.15) is 9.75 Å². The van der Waals surface area contributed by atoms with Crippen LogP contribution in [0.5, 0.6) is 0 Å². The van der Waals surface area contributed by atoms with E-state index in [1.165, 1.54) is 0 Å². The van der Waals surface area contributed by atoms with Crippen molar-refractivity contribution >= 4 is 46.8 Å². The summed E-state index contributed by atoms with van der Waals surface area (Å²) < 4.78 is 5.11. The van der Waals surface area contributed by atoms with E-state index < -0.39 is 46.0 Å². The molecule has 0 radical (unpaired) electrons. The second-order valence-electron chi connectivity index (χ2n) is 9.50. The third-order valence-corrected chi connectivity index (χ3v) is 8.96. The number of hydrogen-bond donors (Lipinski definition) is 0. The fraction of sp³-hybridized carbons (Fsp3) is 0.241. The fourth-order valence-corrected chi connectivity index (χ4v) is 7.17. The number of alkyl halides is 2. The number of likely N-dealkylation sites (tertiary alicyclic amines) is 1. The zero-order valence-corrected chi connectivity index (χ0v) is 21.0. The fourth-order valence-electron chi connectivity index (χ4n) is 6.07. The topological polar surface area (TPSA) is 80.8 Å². The number of carbonyl (C=O) groups is 4. The molecule has 8 heteroatoms. The Morgan fingerprint density at radius 3 is 1.62 bits per heavy atom. The zero-order valence-electron chi connectivity index (χ0n) is 19.5. The highest BCUT2D eigenvalue weighted by molar-refractivity contribution is 6.36. The first-order chi connectivity index (χ1) is 17.8. The molecule has 0 N–H and O–H groups in total. The van der Waals surface area contributed by atoms with Gasteiger partial charge in [0.15, 0.2) is 12.4 Å². The maximum atomic E-state index is 13.7. The van der Waals surface area contributed by atoms with Crippen molar-refractivity contribution in [1.82, 2.24) is 4.90 Å². The number of ether oxygens (including phenoxy) is 1. The van der Waals surface area contributed by atoms with Crippen molar-refractivity contribution in [3.63, 3.8) is 0 Å². The molecule has 186 valence electrons. The lowest BCUT2D eigenvalue weighted by Gasteiger charge is -2.54. The number of imide groups is 1. The van der Waals surface area contributed by atoms with Gasteiger partial charge >= 0.3 is 5.97 Å². The van der Waals surface area contributed by atoms with Crippen LogP contribution >= 0.6 is 23.2 Å². The van der Waals surface area contributed by atoms with E-state index in [1.54, 1.807) is 30.3 Å². The molecule has 3 aromatic carbocycles. The van der Waals surface area contributed by atoms with Crippen LogP contribution in [-0.4, -0.2) is 41.6 Å². The number of amides is 2. The van der Waals surface area contributed by atoms with Crippen LogP contribution in [0.2, 0.25) is 0 Å². The van der Waals surface area contributed by atoms with Crippen LogP contribution in [0, 0.1) is 11.8 Å². The number of hydrogen-bond acceptors (Lipinski definition) is 5. The highest BCUT2D eigenvalue weighted by atomic mass is 35.5. The van der Waals surface area contributed by atoms with Gasteiger partial charge in [-0.15, -0.1) is 23.2 Å². The SMILES string of the molecule is O=C(CCN1C(=O)[C@H]2[C@H](C1=O)C1(Cl)c3ccccc3C2(Cl)c2ccccc21)OCC(=O)c1ccccc1. The molecule has 2 bridgehead atoms. The Hall–Kier alpha value is -3.48. The van der Waals surface area contributed by atoms with Crippen LogP contribution in [0.3, 0.4) is 0 Å². The van der Waals surface area contributed by atoms with Gasteiger partial charge in [0.05, 0.1) is 18.3 Å². The molecule has 6 nitrogen and oxygen atoms in total. The highest BCUT2D eigenvalue weighted by Gasteiger charge is 2.72. The molecule has 2 atom stereocenters. The van der Waals surface area contributed by atoms with E-state index in [9.17, 15) is 19.2 Å².